The SMILES string of the molecule is CCOC(=O)[C@H](C)C[C@H](C)C[C@H](C)C[C@H](C)CC. The maximum atomic E-state index is 11.6. The predicted octanol–water partition coefficient (Wildman–Crippen LogP) is 4.67. The first-order valence-corrected chi connectivity index (χ1v) is 7.57. The highest BCUT2D eigenvalue weighted by Crippen LogP contribution is 2.25. The molecule has 0 saturated carbocycles. The van der Waals surface area contributed by atoms with E-state index in [0.717, 1.165) is 18.3 Å². The van der Waals surface area contributed by atoms with Crippen LogP contribution < -0.4 is 0 Å². The van der Waals surface area contributed by atoms with Gasteiger partial charge in [0, 0.05) is 0 Å². The molecule has 0 radical (unpaired) electrons. The van der Waals surface area contributed by atoms with Crippen LogP contribution in [-0.4, -0.2) is 12.6 Å². The Hall–Kier alpha value is -0.530. The summed E-state index contributed by atoms with van der Waals surface area (Å²) in [6.07, 6.45) is 4.73. The van der Waals surface area contributed by atoms with Gasteiger partial charge < -0.3 is 4.74 Å². The Balaban J connectivity index is 3.95. The van der Waals surface area contributed by atoms with Crippen molar-refractivity contribution >= 4 is 5.97 Å². The molecule has 0 aliphatic rings. The van der Waals surface area contributed by atoms with Crippen LogP contribution in [0.2, 0.25) is 0 Å². The molecule has 0 aliphatic carbocycles. The number of carbonyl (C=O) groups is 1. The van der Waals surface area contributed by atoms with Crippen LogP contribution in [0.15, 0.2) is 0 Å². The summed E-state index contributed by atoms with van der Waals surface area (Å²) in [5.41, 5.74) is 0. The number of esters is 1. The first kappa shape index (κ1) is 17.5. The largest absolute Gasteiger partial charge is 0.466 e. The van der Waals surface area contributed by atoms with Crippen molar-refractivity contribution in [3.8, 4) is 0 Å². The van der Waals surface area contributed by atoms with E-state index >= 15 is 0 Å². The van der Waals surface area contributed by atoms with Crippen LogP contribution in [0.5, 0.6) is 0 Å². The highest BCUT2D eigenvalue weighted by molar-refractivity contribution is 5.71. The monoisotopic (exact) mass is 256 g/mol. The second-order valence-corrected chi connectivity index (χ2v) is 6.08. The highest BCUT2D eigenvalue weighted by atomic mass is 16.5. The molecule has 0 aromatic rings. The van der Waals surface area contributed by atoms with Crippen molar-refractivity contribution in [2.75, 3.05) is 6.61 Å². The molecule has 0 spiro atoms. The summed E-state index contributed by atoms with van der Waals surface area (Å²) in [6.45, 7) is 13.5. The third kappa shape index (κ3) is 7.73. The lowest BCUT2D eigenvalue weighted by Gasteiger charge is -2.21. The first-order valence-electron chi connectivity index (χ1n) is 7.57. The van der Waals surface area contributed by atoms with Crippen LogP contribution in [0, 0.1) is 23.7 Å². The fourth-order valence-corrected chi connectivity index (χ4v) is 2.72. The second kappa shape index (κ2) is 9.41. The molecule has 0 N–H and O–H groups in total. The Labute approximate surface area is 113 Å². The number of rotatable bonds is 9. The third-order valence-electron chi connectivity index (χ3n) is 3.75. The van der Waals surface area contributed by atoms with Gasteiger partial charge in [0.1, 0.15) is 0 Å². The van der Waals surface area contributed by atoms with Gasteiger partial charge in [-0.05, 0) is 43.9 Å². The number of ether oxygens (including phenoxy) is 1. The van der Waals surface area contributed by atoms with E-state index in [4.69, 9.17) is 4.74 Å². The van der Waals surface area contributed by atoms with Crippen LogP contribution in [0.1, 0.15) is 67.2 Å². The van der Waals surface area contributed by atoms with Crippen molar-refractivity contribution in [3.05, 3.63) is 0 Å². The van der Waals surface area contributed by atoms with Crippen molar-refractivity contribution in [1.29, 1.82) is 0 Å². The maximum Gasteiger partial charge on any atom is 0.308 e. The van der Waals surface area contributed by atoms with Crippen LogP contribution in [0.4, 0.5) is 0 Å². The van der Waals surface area contributed by atoms with Gasteiger partial charge in [0.05, 0.1) is 12.5 Å². The average molecular weight is 256 g/mol. The molecule has 0 rings (SSSR count). The van der Waals surface area contributed by atoms with Crippen molar-refractivity contribution < 1.29 is 9.53 Å². The van der Waals surface area contributed by atoms with Crippen molar-refractivity contribution in [3.63, 3.8) is 0 Å². The number of hydrogen-bond donors (Lipinski definition) is 0. The molecule has 0 bridgehead atoms. The predicted molar refractivity (Wildman–Crippen MR) is 77.4 cm³/mol. The van der Waals surface area contributed by atoms with E-state index in [0.29, 0.717) is 12.5 Å². The molecule has 2 heteroatoms. The van der Waals surface area contributed by atoms with Gasteiger partial charge >= 0.3 is 5.97 Å². The maximum absolute atomic E-state index is 11.6. The Morgan fingerprint density at radius 3 is 1.89 bits per heavy atom. The molecule has 0 aromatic carbocycles. The van der Waals surface area contributed by atoms with Gasteiger partial charge in [-0.3, -0.25) is 4.79 Å². The van der Waals surface area contributed by atoms with E-state index < -0.39 is 0 Å². The fraction of sp³-hybridized carbons (Fsp3) is 0.938. The van der Waals surface area contributed by atoms with Crippen molar-refractivity contribution in [2.45, 2.75) is 67.2 Å². The molecule has 0 aliphatic heterocycles. The van der Waals surface area contributed by atoms with Crippen molar-refractivity contribution in [2.24, 2.45) is 23.7 Å². The smallest absolute Gasteiger partial charge is 0.308 e. The zero-order chi connectivity index (χ0) is 14.1. The average Bonchev–Trinajstić information content (AvgIpc) is 2.28. The first-order chi connectivity index (χ1) is 8.40. The van der Waals surface area contributed by atoms with Gasteiger partial charge in [-0.15, -0.1) is 0 Å². The van der Waals surface area contributed by atoms with Crippen LogP contribution in [0.25, 0.3) is 0 Å². The topological polar surface area (TPSA) is 26.3 Å². The van der Waals surface area contributed by atoms with Crippen molar-refractivity contribution in [1.82, 2.24) is 0 Å². The summed E-state index contributed by atoms with van der Waals surface area (Å²) in [4.78, 5) is 11.6. The Bertz CT molecular complexity index is 225. The van der Waals surface area contributed by atoms with E-state index in [2.05, 4.69) is 27.7 Å². The van der Waals surface area contributed by atoms with E-state index in [1.807, 2.05) is 13.8 Å². The molecule has 18 heavy (non-hydrogen) atoms. The summed E-state index contributed by atoms with van der Waals surface area (Å²) in [5, 5.41) is 0. The molecule has 0 saturated heterocycles. The fourth-order valence-electron chi connectivity index (χ4n) is 2.72. The minimum atomic E-state index is -0.0427. The Morgan fingerprint density at radius 1 is 0.889 bits per heavy atom. The Morgan fingerprint density at radius 2 is 1.39 bits per heavy atom. The molecule has 0 fully saturated rings. The lowest BCUT2D eigenvalue weighted by Crippen LogP contribution is -2.18. The molecular weight excluding hydrogens is 224 g/mol. The number of carbonyl (C=O) groups excluding carboxylic acids is 1. The molecule has 0 aromatic heterocycles. The zero-order valence-corrected chi connectivity index (χ0v) is 13.2. The molecule has 4 atom stereocenters. The summed E-state index contributed by atoms with van der Waals surface area (Å²) >= 11 is 0. The highest BCUT2D eigenvalue weighted by Gasteiger charge is 2.19. The third-order valence-corrected chi connectivity index (χ3v) is 3.75. The lowest BCUT2D eigenvalue weighted by molar-refractivity contribution is -0.148. The number of hydrogen-bond acceptors (Lipinski definition) is 2. The van der Waals surface area contributed by atoms with Gasteiger partial charge in [-0.25, -0.2) is 0 Å². The van der Waals surface area contributed by atoms with Gasteiger partial charge in [-0.1, -0.05) is 41.0 Å². The standard InChI is InChI=1S/C16H32O2/c1-7-12(3)9-13(4)10-14(5)11-15(6)16(17)18-8-2/h12-15H,7-11H2,1-6H3/t12-,13-,14-,15-/m1/s1. The van der Waals surface area contributed by atoms with Gasteiger partial charge in [-0.2, -0.15) is 0 Å². The molecule has 108 valence electrons. The summed E-state index contributed by atoms with van der Waals surface area (Å²) in [5.74, 6) is 2.16. The molecule has 0 amide bonds. The summed E-state index contributed by atoms with van der Waals surface area (Å²) in [6, 6.07) is 0. The van der Waals surface area contributed by atoms with Crippen LogP contribution in [-0.2, 0) is 9.53 Å². The minimum Gasteiger partial charge on any atom is -0.466 e. The van der Waals surface area contributed by atoms with E-state index in [9.17, 15) is 4.79 Å². The molecular formula is C16H32O2. The van der Waals surface area contributed by atoms with E-state index in [1.165, 1.54) is 19.3 Å². The zero-order valence-electron chi connectivity index (χ0n) is 13.2. The van der Waals surface area contributed by atoms with Gasteiger partial charge in [0.2, 0.25) is 0 Å². The van der Waals surface area contributed by atoms with Crippen LogP contribution in [0.3, 0.4) is 0 Å². The second-order valence-electron chi connectivity index (χ2n) is 6.08. The van der Waals surface area contributed by atoms with Gasteiger partial charge in [0.25, 0.3) is 0 Å². The minimum absolute atomic E-state index is 0.0377. The lowest BCUT2D eigenvalue weighted by atomic mass is 9.85. The summed E-state index contributed by atoms with van der Waals surface area (Å²) < 4.78 is 5.05. The normalized spacial score (nSPS) is 17.9. The van der Waals surface area contributed by atoms with E-state index in [-0.39, 0.29) is 11.9 Å². The van der Waals surface area contributed by atoms with Gasteiger partial charge in [0.15, 0.2) is 0 Å². The summed E-state index contributed by atoms with van der Waals surface area (Å²) in [7, 11) is 0. The quantitative estimate of drug-likeness (QED) is 0.560. The molecule has 0 heterocycles. The van der Waals surface area contributed by atoms with Crippen LogP contribution >= 0.6 is 0 Å². The Kier molecular flexibility index (Phi) is 9.13. The molecule has 0 unspecified atom stereocenters. The van der Waals surface area contributed by atoms with E-state index in [1.54, 1.807) is 0 Å². The molecule has 2 nitrogen and oxygen atoms in total.